The van der Waals surface area contributed by atoms with Crippen molar-refractivity contribution in [3.05, 3.63) is 29.3 Å². The lowest BCUT2D eigenvalue weighted by Crippen LogP contribution is -2.00. The van der Waals surface area contributed by atoms with E-state index < -0.39 is 0 Å². The Bertz CT molecular complexity index is 369. The summed E-state index contributed by atoms with van der Waals surface area (Å²) < 4.78 is 5.71. The fourth-order valence-electron chi connectivity index (χ4n) is 1.74. The van der Waals surface area contributed by atoms with Gasteiger partial charge in [-0.05, 0) is 44.0 Å². The normalized spacial score (nSPS) is 10.3. The number of hydrogen-bond acceptors (Lipinski definition) is 2. The fourth-order valence-corrected chi connectivity index (χ4v) is 1.74. The molecular formula is C15H22O2. The molecular weight excluding hydrogens is 212 g/mol. The summed E-state index contributed by atoms with van der Waals surface area (Å²) in [6.45, 7) is 6.53. The highest BCUT2D eigenvalue weighted by molar-refractivity contribution is 5.94. The van der Waals surface area contributed by atoms with Crippen molar-refractivity contribution in [1.29, 1.82) is 0 Å². The van der Waals surface area contributed by atoms with Crippen LogP contribution in [0.5, 0.6) is 5.75 Å². The van der Waals surface area contributed by atoms with Crippen LogP contribution in [0.4, 0.5) is 0 Å². The lowest BCUT2D eigenvalue weighted by molar-refractivity contribution is 0.101. The second-order valence-electron chi connectivity index (χ2n) is 4.45. The predicted molar refractivity (Wildman–Crippen MR) is 70.8 cm³/mol. The third-order valence-corrected chi connectivity index (χ3v) is 2.84. The van der Waals surface area contributed by atoms with E-state index in [0.717, 1.165) is 29.9 Å². The zero-order chi connectivity index (χ0) is 12.7. The van der Waals surface area contributed by atoms with Gasteiger partial charge in [0.25, 0.3) is 0 Å². The van der Waals surface area contributed by atoms with Gasteiger partial charge in [0.2, 0.25) is 0 Å². The van der Waals surface area contributed by atoms with Crippen molar-refractivity contribution in [2.45, 2.75) is 46.5 Å². The van der Waals surface area contributed by atoms with Gasteiger partial charge in [0.05, 0.1) is 6.61 Å². The number of ether oxygens (including phenoxy) is 1. The van der Waals surface area contributed by atoms with Gasteiger partial charge < -0.3 is 4.74 Å². The Morgan fingerprint density at radius 2 is 2.00 bits per heavy atom. The minimum absolute atomic E-state index is 0.0996. The molecule has 0 aromatic heterocycles. The number of carbonyl (C=O) groups excluding carboxylic acids is 1. The van der Waals surface area contributed by atoms with E-state index in [1.807, 2.05) is 25.1 Å². The highest BCUT2D eigenvalue weighted by Gasteiger charge is 2.04. The van der Waals surface area contributed by atoms with Gasteiger partial charge in [0, 0.05) is 5.56 Å². The van der Waals surface area contributed by atoms with Crippen LogP contribution < -0.4 is 4.74 Å². The predicted octanol–water partition coefficient (Wildman–Crippen LogP) is 4.16. The first kappa shape index (κ1) is 13.8. The van der Waals surface area contributed by atoms with Gasteiger partial charge in [-0.2, -0.15) is 0 Å². The maximum Gasteiger partial charge on any atom is 0.159 e. The van der Waals surface area contributed by atoms with Gasteiger partial charge in [0.15, 0.2) is 5.78 Å². The van der Waals surface area contributed by atoms with Crippen LogP contribution in [0.1, 0.15) is 55.5 Å². The van der Waals surface area contributed by atoms with Gasteiger partial charge >= 0.3 is 0 Å². The fraction of sp³-hybridized carbons (Fsp3) is 0.533. The molecule has 0 unspecified atom stereocenters. The Morgan fingerprint density at radius 3 is 2.59 bits per heavy atom. The van der Waals surface area contributed by atoms with Crippen molar-refractivity contribution < 1.29 is 9.53 Å². The van der Waals surface area contributed by atoms with Gasteiger partial charge in [-0.15, -0.1) is 0 Å². The molecule has 0 aliphatic carbocycles. The zero-order valence-electron chi connectivity index (χ0n) is 11.1. The van der Waals surface area contributed by atoms with Crippen molar-refractivity contribution in [1.82, 2.24) is 0 Å². The molecule has 94 valence electrons. The third kappa shape index (κ3) is 4.59. The number of rotatable bonds is 7. The second-order valence-corrected chi connectivity index (χ2v) is 4.45. The lowest BCUT2D eigenvalue weighted by atomic mass is 10.1. The molecule has 0 N–H and O–H groups in total. The van der Waals surface area contributed by atoms with Gasteiger partial charge in [0.1, 0.15) is 5.75 Å². The van der Waals surface area contributed by atoms with Crippen LogP contribution in [-0.2, 0) is 0 Å². The molecule has 1 rings (SSSR count). The van der Waals surface area contributed by atoms with Gasteiger partial charge in [-0.3, -0.25) is 4.79 Å². The number of Topliss-reactive ketones (excluding diaryl/α,β-unsaturated/α-hetero) is 1. The molecule has 0 atom stereocenters. The molecule has 0 saturated heterocycles. The molecule has 1 aromatic carbocycles. The quantitative estimate of drug-likeness (QED) is 0.523. The minimum Gasteiger partial charge on any atom is -0.493 e. The summed E-state index contributed by atoms with van der Waals surface area (Å²) in [6.07, 6.45) is 4.83. The molecule has 0 bridgehead atoms. The van der Waals surface area contributed by atoms with Crippen molar-refractivity contribution in [2.75, 3.05) is 6.61 Å². The number of aryl methyl sites for hydroxylation is 1. The summed E-state index contributed by atoms with van der Waals surface area (Å²) in [5, 5.41) is 0. The lowest BCUT2D eigenvalue weighted by Gasteiger charge is -2.09. The van der Waals surface area contributed by atoms with E-state index in [2.05, 4.69) is 6.92 Å². The van der Waals surface area contributed by atoms with E-state index in [0.29, 0.717) is 0 Å². The summed E-state index contributed by atoms with van der Waals surface area (Å²) in [4.78, 5) is 11.2. The smallest absolute Gasteiger partial charge is 0.159 e. The second kappa shape index (κ2) is 7.10. The monoisotopic (exact) mass is 234 g/mol. The number of unbranched alkanes of at least 4 members (excludes halogenated alkanes) is 3. The third-order valence-electron chi connectivity index (χ3n) is 2.84. The number of hydrogen-bond donors (Lipinski definition) is 0. The summed E-state index contributed by atoms with van der Waals surface area (Å²) in [5.74, 6) is 0.995. The van der Waals surface area contributed by atoms with Gasteiger partial charge in [-0.25, -0.2) is 0 Å². The number of carbonyl (C=O) groups is 1. The van der Waals surface area contributed by atoms with E-state index in [9.17, 15) is 4.79 Å². The first-order chi connectivity index (χ1) is 8.15. The Labute approximate surface area is 104 Å². The molecule has 0 spiro atoms. The van der Waals surface area contributed by atoms with E-state index in [1.54, 1.807) is 6.92 Å². The average molecular weight is 234 g/mol. The van der Waals surface area contributed by atoms with E-state index in [1.165, 1.54) is 19.3 Å². The van der Waals surface area contributed by atoms with Crippen LogP contribution in [0.25, 0.3) is 0 Å². The molecule has 17 heavy (non-hydrogen) atoms. The summed E-state index contributed by atoms with van der Waals surface area (Å²) >= 11 is 0. The first-order valence-electron chi connectivity index (χ1n) is 6.39. The molecule has 0 fully saturated rings. The van der Waals surface area contributed by atoms with Crippen molar-refractivity contribution in [3.63, 3.8) is 0 Å². The van der Waals surface area contributed by atoms with E-state index >= 15 is 0 Å². The molecule has 2 nitrogen and oxygen atoms in total. The van der Waals surface area contributed by atoms with Crippen LogP contribution in [-0.4, -0.2) is 12.4 Å². The Morgan fingerprint density at radius 1 is 1.24 bits per heavy atom. The molecule has 0 radical (unpaired) electrons. The van der Waals surface area contributed by atoms with Crippen molar-refractivity contribution >= 4 is 5.78 Å². The summed E-state index contributed by atoms with van der Waals surface area (Å²) in [7, 11) is 0. The maximum atomic E-state index is 11.2. The first-order valence-corrected chi connectivity index (χ1v) is 6.39. The molecule has 0 amide bonds. The van der Waals surface area contributed by atoms with Crippen molar-refractivity contribution in [3.8, 4) is 5.75 Å². The largest absolute Gasteiger partial charge is 0.493 e. The molecule has 2 heteroatoms. The number of ketones is 1. The Balaban J connectivity index is 2.46. The van der Waals surface area contributed by atoms with Crippen LogP contribution in [0.2, 0.25) is 0 Å². The Hall–Kier alpha value is -1.31. The van der Waals surface area contributed by atoms with Crippen molar-refractivity contribution in [2.24, 2.45) is 0 Å². The standard InChI is InChI=1S/C15H22O2/c1-4-5-6-7-10-17-15-9-8-14(13(3)16)11-12(15)2/h8-9,11H,4-7,10H2,1-3H3. The maximum absolute atomic E-state index is 11.2. The molecule has 0 aliphatic rings. The van der Waals surface area contributed by atoms with E-state index in [-0.39, 0.29) is 5.78 Å². The number of benzene rings is 1. The molecule has 0 aliphatic heterocycles. The van der Waals surface area contributed by atoms with Crippen LogP contribution in [0, 0.1) is 6.92 Å². The minimum atomic E-state index is 0.0996. The average Bonchev–Trinajstić information content (AvgIpc) is 2.30. The van der Waals surface area contributed by atoms with Crippen LogP contribution >= 0.6 is 0 Å². The van der Waals surface area contributed by atoms with E-state index in [4.69, 9.17) is 4.74 Å². The SMILES string of the molecule is CCCCCCOc1ccc(C(C)=O)cc1C. The van der Waals surface area contributed by atoms with Crippen LogP contribution in [0.3, 0.4) is 0 Å². The summed E-state index contributed by atoms with van der Waals surface area (Å²) in [6, 6.07) is 5.62. The highest BCUT2D eigenvalue weighted by Crippen LogP contribution is 2.19. The zero-order valence-corrected chi connectivity index (χ0v) is 11.1. The molecule has 0 heterocycles. The topological polar surface area (TPSA) is 26.3 Å². The molecule has 1 aromatic rings. The summed E-state index contributed by atoms with van der Waals surface area (Å²) in [5.41, 5.74) is 1.79. The Kier molecular flexibility index (Phi) is 5.75. The molecule has 0 saturated carbocycles. The highest BCUT2D eigenvalue weighted by atomic mass is 16.5. The van der Waals surface area contributed by atoms with Gasteiger partial charge in [-0.1, -0.05) is 26.2 Å². The van der Waals surface area contributed by atoms with Crippen LogP contribution in [0.15, 0.2) is 18.2 Å².